The normalized spacial score (nSPS) is 12.6. The van der Waals surface area contributed by atoms with Gasteiger partial charge in [0.2, 0.25) is 5.91 Å². The second kappa shape index (κ2) is 10.3. The van der Waals surface area contributed by atoms with Gasteiger partial charge in [-0.25, -0.2) is 4.39 Å². The van der Waals surface area contributed by atoms with Crippen LogP contribution in [0, 0.1) is 5.82 Å². The van der Waals surface area contributed by atoms with E-state index >= 15 is 0 Å². The lowest BCUT2D eigenvalue weighted by atomic mass is 10.2. The number of nitrogens with one attached hydrogen (secondary N) is 4. The van der Waals surface area contributed by atoms with Crippen LogP contribution in [0.1, 0.15) is 20.8 Å². The number of carbonyl (C=O) groups excluding carboxylic acids is 3. The van der Waals surface area contributed by atoms with Gasteiger partial charge < -0.3 is 20.9 Å². The molecule has 7 nitrogen and oxygen atoms in total. The number of halogens is 1. The number of benzene rings is 2. The van der Waals surface area contributed by atoms with Crippen molar-refractivity contribution in [2.75, 3.05) is 29.0 Å². The Balaban J connectivity index is 1.93. The highest BCUT2D eigenvalue weighted by molar-refractivity contribution is 5.95. The fourth-order valence-corrected chi connectivity index (χ4v) is 2.82. The molecular weight excluding hydrogens is 375 g/mol. The number of quaternary nitrogens is 1. The fraction of sp³-hybridized carbons (Fsp3) is 0.286. The maximum absolute atomic E-state index is 13.7. The number of carbonyl (C=O) groups is 3. The highest BCUT2D eigenvalue weighted by Gasteiger charge is 2.26. The van der Waals surface area contributed by atoms with E-state index in [4.69, 9.17) is 0 Å². The predicted octanol–water partition coefficient (Wildman–Crippen LogP) is 1.65. The third-order valence-electron chi connectivity index (χ3n) is 4.47. The van der Waals surface area contributed by atoms with Crippen molar-refractivity contribution in [3.05, 3.63) is 54.3 Å². The Morgan fingerprint density at radius 1 is 0.966 bits per heavy atom. The third kappa shape index (κ3) is 6.69. The van der Waals surface area contributed by atoms with Crippen LogP contribution in [0.5, 0.6) is 0 Å². The van der Waals surface area contributed by atoms with Gasteiger partial charge >= 0.3 is 0 Å². The second-order valence-electron chi connectivity index (χ2n) is 6.69. The van der Waals surface area contributed by atoms with E-state index in [0.717, 1.165) is 4.90 Å². The molecule has 2 aromatic rings. The van der Waals surface area contributed by atoms with E-state index in [0.29, 0.717) is 17.9 Å². The van der Waals surface area contributed by atoms with Crippen LogP contribution < -0.4 is 20.9 Å². The zero-order chi connectivity index (χ0) is 21.4. The van der Waals surface area contributed by atoms with E-state index in [-0.39, 0.29) is 30.0 Å². The molecule has 0 aliphatic heterocycles. The molecule has 0 aromatic heterocycles. The van der Waals surface area contributed by atoms with E-state index in [1.165, 1.54) is 19.1 Å². The average Bonchev–Trinajstić information content (AvgIpc) is 2.68. The summed E-state index contributed by atoms with van der Waals surface area (Å²) in [6.45, 7) is 5.61. The third-order valence-corrected chi connectivity index (χ3v) is 4.47. The molecule has 0 aliphatic rings. The first-order valence-electron chi connectivity index (χ1n) is 9.37. The predicted molar refractivity (Wildman–Crippen MR) is 110 cm³/mol. The first-order valence-corrected chi connectivity index (χ1v) is 9.37. The molecule has 154 valence electrons. The van der Waals surface area contributed by atoms with Crippen LogP contribution in [0.15, 0.2) is 48.5 Å². The fourth-order valence-electron chi connectivity index (χ4n) is 2.82. The molecular formula is C21H26FN4O3+. The Morgan fingerprint density at radius 3 is 2.10 bits per heavy atom. The molecule has 0 bridgehead atoms. The Morgan fingerprint density at radius 2 is 1.55 bits per heavy atom. The first-order chi connectivity index (χ1) is 13.8. The number of amides is 3. The molecule has 2 rings (SSSR count). The summed E-state index contributed by atoms with van der Waals surface area (Å²) in [6, 6.07) is 12.1. The topological polar surface area (TPSA) is 91.7 Å². The number of rotatable bonds is 8. The molecule has 3 amide bonds. The Hall–Kier alpha value is -3.26. The van der Waals surface area contributed by atoms with E-state index in [1.54, 1.807) is 43.3 Å². The smallest absolute Gasteiger partial charge is 0.282 e. The van der Waals surface area contributed by atoms with Crippen LogP contribution in [0.25, 0.3) is 0 Å². The van der Waals surface area contributed by atoms with E-state index in [1.807, 2.05) is 6.92 Å². The van der Waals surface area contributed by atoms with Crippen molar-refractivity contribution >= 4 is 34.8 Å². The van der Waals surface area contributed by atoms with Crippen molar-refractivity contribution in [3.63, 3.8) is 0 Å². The number of hydrogen-bond donors (Lipinski definition) is 4. The molecule has 0 saturated heterocycles. The number of hydrogen-bond acceptors (Lipinski definition) is 3. The van der Waals surface area contributed by atoms with Crippen LogP contribution in [0.2, 0.25) is 0 Å². The molecule has 0 radical (unpaired) electrons. The first kappa shape index (κ1) is 22.0. The van der Waals surface area contributed by atoms with Gasteiger partial charge in [0.05, 0.1) is 12.2 Å². The van der Waals surface area contributed by atoms with Gasteiger partial charge in [-0.3, -0.25) is 14.4 Å². The zero-order valence-corrected chi connectivity index (χ0v) is 16.7. The molecule has 8 heteroatoms. The molecule has 2 atom stereocenters. The highest BCUT2D eigenvalue weighted by atomic mass is 19.1. The lowest BCUT2D eigenvalue weighted by molar-refractivity contribution is -0.904. The van der Waals surface area contributed by atoms with Gasteiger partial charge in [0.1, 0.15) is 5.82 Å². The van der Waals surface area contributed by atoms with Gasteiger partial charge in [0.15, 0.2) is 12.6 Å². The number of para-hydroxylation sites is 1. The molecule has 0 aliphatic carbocycles. The minimum Gasteiger partial charge on any atom is -0.326 e. The van der Waals surface area contributed by atoms with Crippen LogP contribution in [0.3, 0.4) is 0 Å². The van der Waals surface area contributed by atoms with E-state index in [2.05, 4.69) is 16.0 Å². The van der Waals surface area contributed by atoms with Gasteiger partial charge in [-0.05, 0) is 50.2 Å². The molecule has 29 heavy (non-hydrogen) atoms. The average molecular weight is 401 g/mol. The summed E-state index contributed by atoms with van der Waals surface area (Å²) in [5.74, 6) is -1.29. The molecule has 4 N–H and O–H groups in total. The van der Waals surface area contributed by atoms with Crippen molar-refractivity contribution in [2.45, 2.75) is 26.8 Å². The summed E-state index contributed by atoms with van der Waals surface area (Å²) in [7, 11) is 0. The Labute approximate surface area is 169 Å². The second-order valence-corrected chi connectivity index (χ2v) is 6.69. The summed E-state index contributed by atoms with van der Waals surface area (Å²) < 4.78 is 13.7. The molecule has 1 unspecified atom stereocenters. The SMILES string of the molecule is CC[NH+](CC(=O)Nc1ccc(NC(C)=O)cc1)[C@@H](C)C(=O)Nc1ccccc1F. The summed E-state index contributed by atoms with van der Waals surface area (Å²) >= 11 is 0. The monoisotopic (exact) mass is 401 g/mol. The van der Waals surface area contributed by atoms with E-state index in [9.17, 15) is 18.8 Å². The minimum absolute atomic E-state index is 0.0792. The molecule has 0 heterocycles. The number of anilines is 3. The Bertz CT molecular complexity index is 870. The molecule has 0 saturated carbocycles. The van der Waals surface area contributed by atoms with Crippen molar-refractivity contribution in [3.8, 4) is 0 Å². The summed E-state index contributed by atoms with van der Waals surface area (Å²) in [5, 5.41) is 8.00. The standard InChI is InChI=1S/C21H25FN4O3/c1-4-26(14(2)21(29)25-19-8-6-5-7-18(19)22)13-20(28)24-17-11-9-16(10-12-17)23-15(3)27/h5-12,14H,4,13H2,1-3H3,(H,23,27)(H,24,28)(H,25,29)/p+1/t14-/m0/s1. The zero-order valence-electron chi connectivity index (χ0n) is 16.7. The van der Waals surface area contributed by atoms with Crippen molar-refractivity contribution in [1.82, 2.24) is 0 Å². The lowest BCUT2D eigenvalue weighted by Gasteiger charge is -2.23. The number of likely N-dealkylation sites (N-methyl/N-ethyl adjacent to an activating group) is 1. The van der Waals surface area contributed by atoms with Crippen LogP contribution >= 0.6 is 0 Å². The maximum Gasteiger partial charge on any atom is 0.282 e. The molecule has 2 aromatic carbocycles. The molecule has 0 fully saturated rings. The van der Waals surface area contributed by atoms with Gasteiger partial charge in [0, 0.05) is 18.3 Å². The molecule has 0 spiro atoms. The van der Waals surface area contributed by atoms with Gasteiger partial charge in [0.25, 0.3) is 11.8 Å². The quantitative estimate of drug-likeness (QED) is 0.542. The Kier molecular flexibility index (Phi) is 7.85. The van der Waals surface area contributed by atoms with Crippen molar-refractivity contribution in [1.29, 1.82) is 0 Å². The van der Waals surface area contributed by atoms with Crippen LogP contribution in [-0.2, 0) is 14.4 Å². The minimum atomic E-state index is -0.549. The van der Waals surface area contributed by atoms with Gasteiger partial charge in [-0.15, -0.1) is 0 Å². The summed E-state index contributed by atoms with van der Waals surface area (Å²) in [5.41, 5.74) is 1.33. The highest BCUT2D eigenvalue weighted by Crippen LogP contribution is 2.13. The lowest BCUT2D eigenvalue weighted by Crippen LogP contribution is -3.17. The van der Waals surface area contributed by atoms with Crippen LogP contribution in [0.4, 0.5) is 21.5 Å². The summed E-state index contributed by atoms with van der Waals surface area (Å²) in [6.07, 6.45) is 0. The maximum atomic E-state index is 13.7. The van der Waals surface area contributed by atoms with Crippen molar-refractivity contribution < 1.29 is 23.7 Å². The van der Waals surface area contributed by atoms with E-state index < -0.39 is 11.9 Å². The van der Waals surface area contributed by atoms with Crippen LogP contribution in [-0.4, -0.2) is 36.9 Å². The summed E-state index contributed by atoms with van der Waals surface area (Å²) in [4.78, 5) is 36.6. The van der Waals surface area contributed by atoms with Gasteiger partial charge in [-0.2, -0.15) is 0 Å². The van der Waals surface area contributed by atoms with Crippen molar-refractivity contribution in [2.24, 2.45) is 0 Å². The largest absolute Gasteiger partial charge is 0.326 e. The van der Waals surface area contributed by atoms with Gasteiger partial charge in [-0.1, -0.05) is 12.1 Å².